The van der Waals surface area contributed by atoms with Gasteiger partial charge in [0.1, 0.15) is 0 Å². The van der Waals surface area contributed by atoms with Crippen molar-refractivity contribution in [2.75, 3.05) is 26.2 Å². The molecule has 0 radical (unpaired) electrons. The van der Waals surface area contributed by atoms with Crippen LogP contribution in [0.4, 0.5) is 0 Å². The zero-order chi connectivity index (χ0) is 17.1. The first-order chi connectivity index (χ1) is 11.6. The summed E-state index contributed by atoms with van der Waals surface area (Å²) in [5.74, 6) is 0.396. The molecule has 24 heavy (non-hydrogen) atoms. The van der Waals surface area contributed by atoms with Crippen LogP contribution in [-0.4, -0.2) is 53.8 Å². The molecular formula is C19H27N3O2. The third-order valence-corrected chi connectivity index (χ3v) is 5.60. The molecule has 0 saturated carbocycles. The Kier molecular flexibility index (Phi) is 5.19. The molecule has 2 heterocycles. The second kappa shape index (κ2) is 7.34. The molecule has 2 saturated heterocycles. The molecular weight excluding hydrogens is 302 g/mol. The highest BCUT2D eigenvalue weighted by Crippen LogP contribution is 2.29. The zero-order valence-corrected chi connectivity index (χ0v) is 14.4. The van der Waals surface area contributed by atoms with Crippen molar-refractivity contribution in [2.45, 2.75) is 38.1 Å². The fourth-order valence-electron chi connectivity index (χ4n) is 3.94. The summed E-state index contributed by atoms with van der Waals surface area (Å²) in [6.45, 7) is 5.20. The number of likely N-dealkylation sites (tertiary alicyclic amines) is 2. The quantitative estimate of drug-likeness (QED) is 0.912. The van der Waals surface area contributed by atoms with Crippen molar-refractivity contribution in [1.82, 2.24) is 9.80 Å². The standard InChI is InChI=1S/C19H27N3O2/c1-14(19(24)21-10-7-16(8-11-21)18(20)23)22-12-9-17(13-22)15-5-3-2-4-6-15/h2-6,14,16-17H,7-13H2,1H3,(H2,20,23). The van der Waals surface area contributed by atoms with E-state index in [1.165, 1.54) is 5.56 Å². The van der Waals surface area contributed by atoms with Gasteiger partial charge in [-0.05, 0) is 44.2 Å². The van der Waals surface area contributed by atoms with E-state index in [-0.39, 0.29) is 23.8 Å². The molecule has 3 rings (SSSR count). The molecule has 1 aromatic carbocycles. The topological polar surface area (TPSA) is 66.6 Å². The summed E-state index contributed by atoms with van der Waals surface area (Å²) < 4.78 is 0. The lowest BCUT2D eigenvalue weighted by Gasteiger charge is -2.34. The summed E-state index contributed by atoms with van der Waals surface area (Å²) in [5, 5.41) is 0. The Labute approximate surface area is 143 Å². The van der Waals surface area contributed by atoms with Crippen molar-refractivity contribution in [1.29, 1.82) is 0 Å². The zero-order valence-electron chi connectivity index (χ0n) is 14.4. The Balaban J connectivity index is 1.54. The Morgan fingerprint density at radius 1 is 1.08 bits per heavy atom. The molecule has 2 aliphatic rings. The molecule has 0 aliphatic carbocycles. The van der Waals surface area contributed by atoms with Crippen LogP contribution >= 0.6 is 0 Å². The van der Waals surface area contributed by atoms with Crippen molar-refractivity contribution in [3.63, 3.8) is 0 Å². The van der Waals surface area contributed by atoms with Crippen molar-refractivity contribution >= 4 is 11.8 Å². The predicted molar refractivity (Wildman–Crippen MR) is 93.3 cm³/mol. The number of nitrogens with two attached hydrogens (primary N) is 1. The van der Waals surface area contributed by atoms with E-state index in [0.29, 0.717) is 31.8 Å². The smallest absolute Gasteiger partial charge is 0.239 e. The van der Waals surface area contributed by atoms with E-state index >= 15 is 0 Å². The van der Waals surface area contributed by atoms with Crippen LogP contribution in [0.5, 0.6) is 0 Å². The summed E-state index contributed by atoms with van der Waals surface area (Å²) >= 11 is 0. The fraction of sp³-hybridized carbons (Fsp3) is 0.579. The Morgan fingerprint density at radius 2 is 1.75 bits per heavy atom. The minimum Gasteiger partial charge on any atom is -0.369 e. The van der Waals surface area contributed by atoms with E-state index in [4.69, 9.17) is 5.73 Å². The van der Waals surface area contributed by atoms with Gasteiger partial charge in [0.25, 0.3) is 0 Å². The van der Waals surface area contributed by atoms with Gasteiger partial charge in [-0.25, -0.2) is 0 Å². The molecule has 5 heteroatoms. The fourth-order valence-corrected chi connectivity index (χ4v) is 3.94. The maximum atomic E-state index is 12.8. The van der Waals surface area contributed by atoms with E-state index in [2.05, 4.69) is 29.2 Å². The van der Waals surface area contributed by atoms with Crippen molar-refractivity contribution < 1.29 is 9.59 Å². The van der Waals surface area contributed by atoms with Crippen LogP contribution in [0.25, 0.3) is 0 Å². The highest BCUT2D eigenvalue weighted by Gasteiger charge is 2.34. The normalized spacial score (nSPS) is 24.0. The molecule has 2 N–H and O–H groups in total. The van der Waals surface area contributed by atoms with E-state index in [9.17, 15) is 9.59 Å². The van der Waals surface area contributed by atoms with Crippen LogP contribution < -0.4 is 5.73 Å². The maximum absolute atomic E-state index is 12.8. The Morgan fingerprint density at radius 3 is 2.38 bits per heavy atom. The molecule has 2 amide bonds. The molecule has 0 aromatic heterocycles. The van der Waals surface area contributed by atoms with Crippen LogP contribution in [0.15, 0.2) is 30.3 Å². The summed E-state index contributed by atoms with van der Waals surface area (Å²) in [5.41, 5.74) is 6.73. The summed E-state index contributed by atoms with van der Waals surface area (Å²) in [4.78, 5) is 28.2. The monoisotopic (exact) mass is 329 g/mol. The summed E-state index contributed by atoms with van der Waals surface area (Å²) in [7, 11) is 0. The molecule has 2 unspecified atom stereocenters. The molecule has 130 valence electrons. The number of carbonyl (C=O) groups excluding carboxylic acids is 2. The Bertz CT molecular complexity index is 582. The van der Waals surface area contributed by atoms with Gasteiger partial charge in [-0.1, -0.05) is 30.3 Å². The number of carbonyl (C=O) groups is 2. The van der Waals surface area contributed by atoms with E-state index in [1.54, 1.807) is 0 Å². The van der Waals surface area contributed by atoms with Crippen LogP contribution in [0.2, 0.25) is 0 Å². The van der Waals surface area contributed by atoms with E-state index < -0.39 is 0 Å². The van der Waals surface area contributed by atoms with Crippen molar-refractivity contribution in [3.05, 3.63) is 35.9 Å². The highest BCUT2D eigenvalue weighted by atomic mass is 16.2. The number of primary amides is 1. The third kappa shape index (κ3) is 3.61. The molecule has 2 fully saturated rings. The van der Waals surface area contributed by atoms with E-state index in [1.807, 2.05) is 17.9 Å². The number of hydrogen-bond donors (Lipinski definition) is 1. The van der Waals surface area contributed by atoms with Gasteiger partial charge < -0.3 is 10.6 Å². The minimum absolute atomic E-state index is 0.0707. The highest BCUT2D eigenvalue weighted by molar-refractivity contribution is 5.82. The van der Waals surface area contributed by atoms with Crippen LogP contribution in [0, 0.1) is 5.92 Å². The summed E-state index contributed by atoms with van der Waals surface area (Å²) in [6, 6.07) is 10.5. The Hall–Kier alpha value is -1.88. The molecule has 1 aromatic rings. The number of rotatable bonds is 4. The first kappa shape index (κ1) is 17.0. The largest absolute Gasteiger partial charge is 0.369 e. The van der Waals surface area contributed by atoms with Gasteiger partial charge in [-0.15, -0.1) is 0 Å². The number of piperidine rings is 1. The number of nitrogens with zero attached hydrogens (tertiary/aromatic N) is 2. The molecule has 2 aliphatic heterocycles. The van der Waals surface area contributed by atoms with Crippen LogP contribution in [-0.2, 0) is 9.59 Å². The number of benzene rings is 1. The second-order valence-corrected chi connectivity index (χ2v) is 7.07. The SMILES string of the molecule is CC(C(=O)N1CCC(C(N)=O)CC1)N1CCC(c2ccccc2)C1. The predicted octanol–water partition coefficient (Wildman–Crippen LogP) is 1.59. The van der Waals surface area contributed by atoms with Gasteiger partial charge >= 0.3 is 0 Å². The lowest BCUT2D eigenvalue weighted by atomic mass is 9.96. The average Bonchev–Trinajstić information content (AvgIpc) is 3.11. The number of amides is 2. The molecule has 2 atom stereocenters. The van der Waals surface area contributed by atoms with Crippen LogP contribution in [0.1, 0.15) is 37.7 Å². The number of hydrogen-bond acceptors (Lipinski definition) is 3. The van der Waals surface area contributed by atoms with Crippen molar-refractivity contribution in [3.8, 4) is 0 Å². The van der Waals surface area contributed by atoms with E-state index in [0.717, 1.165) is 19.5 Å². The van der Waals surface area contributed by atoms with Crippen molar-refractivity contribution in [2.24, 2.45) is 11.7 Å². The van der Waals surface area contributed by atoms with Gasteiger partial charge in [0.05, 0.1) is 6.04 Å². The second-order valence-electron chi connectivity index (χ2n) is 7.07. The molecule has 5 nitrogen and oxygen atoms in total. The minimum atomic E-state index is -0.236. The van der Waals surface area contributed by atoms with Crippen LogP contribution in [0.3, 0.4) is 0 Å². The summed E-state index contributed by atoms with van der Waals surface area (Å²) in [6.07, 6.45) is 2.49. The first-order valence-electron chi connectivity index (χ1n) is 8.93. The lowest BCUT2D eigenvalue weighted by Crippen LogP contribution is -2.49. The first-order valence-corrected chi connectivity index (χ1v) is 8.93. The van der Waals surface area contributed by atoms with Gasteiger partial charge in [0.15, 0.2) is 0 Å². The van der Waals surface area contributed by atoms with Gasteiger partial charge in [0, 0.05) is 25.6 Å². The van der Waals surface area contributed by atoms with Gasteiger partial charge in [-0.2, -0.15) is 0 Å². The molecule has 0 bridgehead atoms. The maximum Gasteiger partial charge on any atom is 0.239 e. The molecule has 0 spiro atoms. The average molecular weight is 329 g/mol. The lowest BCUT2D eigenvalue weighted by molar-refractivity contribution is -0.139. The van der Waals surface area contributed by atoms with Gasteiger partial charge in [-0.3, -0.25) is 14.5 Å². The third-order valence-electron chi connectivity index (χ3n) is 5.60. The van der Waals surface area contributed by atoms with Gasteiger partial charge in [0.2, 0.25) is 11.8 Å².